The molecule has 1 aliphatic carbocycles. The molecule has 19 heavy (non-hydrogen) atoms. The summed E-state index contributed by atoms with van der Waals surface area (Å²) in [4.78, 5) is 20.7. The minimum Gasteiger partial charge on any atom is -0.352 e. The molecular weight excluding hydrogens is 264 g/mol. The fraction of sp³-hybridized carbons (Fsp3) is 0.462. The number of nitrogens with one attached hydrogen (secondary N) is 1. The number of hydrogen-bond acceptors (Lipinski definition) is 3. The molecule has 0 unspecified atom stereocenters. The number of hydrogen-bond donors (Lipinski definition) is 1. The number of aryl methyl sites for hydroxylation is 1. The molecule has 1 aliphatic rings. The second kappa shape index (κ2) is 4.81. The second-order valence-electron chi connectivity index (χ2n) is 4.94. The van der Waals surface area contributed by atoms with Crippen LogP contribution < -0.4 is 5.32 Å². The summed E-state index contributed by atoms with van der Waals surface area (Å²) >= 11 is 5.90. The largest absolute Gasteiger partial charge is 0.352 e. The van der Waals surface area contributed by atoms with Gasteiger partial charge < -0.3 is 9.88 Å². The van der Waals surface area contributed by atoms with Gasteiger partial charge in [0.1, 0.15) is 17.9 Å². The first kappa shape index (κ1) is 12.4. The molecule has 0 aliphatic heterocycles. The third kappa shape index (κ3) is 2.56. The Labute approximate surface area is 116 Å². The molecule has 2 heterocycles. The lowest BCUT2D eigenvalue weighted by molar-refractivity contribution is -0.121. The standard InChI is InChI=1S/C13H15ClN4O/c1-8-4-10-13(15-6-8)18(11(5-14)17-10)7-12(19)16-9-2-3-9/h4,6,9H,2-3,5,7H2,1H3,(H,16,19). The van der Waals surface area contributed by atoms with Crippen LogP contribution in [-0.4, -0.2) is 26.5 Å². The maximum absolute atomic E-state index is 11.9. The number of carbonyl (C=O) groups is 1. The zero-order chi connectivity index (χ0) is 13.4. The Morgan fingerprint density at radius 3 is 3.05 bits per heavy atom. The van der Waals surface area contributed by atoms with E-state index in [0.717, 1.165) is 23.9 Å². The molecule has 1 fully saturated rings. The van der Waals surface area contributed by atoms with Gasteiger partial charge in [0.25, 0.3) is 0 Å². The van der Waals surface area contributed by atoms with E-state index in [1.807, 2.05) is 13.0 Å². The third-order valence-corrected chi connectivity index (χ3v) is 3.40. The Kier molecular flexibility index (Phi) is 3.14. The van der Waals surface area contributed by atoms with Gasteiger partial charge in [0, 0.05) is 12.2 Å². The SMILES string of the molecule is Cc1cnc2c(c1)nc(CCl)n2CC(=O)NC1CC1. The summed E-state index contributed by atoms with van der Waals surface area (Å²) < 4.78 is 1.79. The van der Waals surface area contributed by atoms with E-state index < -0.39 is 0 Å². The number of fused-ring (bicyclic) bond motifs is 1. The van der Waals surface area contributed by atoms with Crippen LogP contribution in [0.2, 0.25) is 0 Å². The molecule has 100 valence electrons. The highest BCUT2D eigenvalue weighted by atomic mass is 35.5. The summed E-state index contributed by atoms with van der Waals surface area (Å²) in [5, 5.41) is 2.96. The number of alkyl halides is 1. The van der Waals surface area contributed by atoms with Crippen LogP contribution in [0.3, 0.4) is 0 Å². The maximum Gasteiger partial charge on any atom is 0.240 e. The van der Waals surface area contributed by atoms with Crippen molar-refractivity contribution < 1.29 is 4.79 Å². The average molecular weight is 279 g/mol. The topological polar surface area (TPSA) is 59.8 Å². The van der Waals surface area contributed by atoms with E-state index in [0.29, 0.717) is 17.5 Å². The summed E-state index contributed by atoms with van der Waals surface area (Å²) in [7, 11) is 0. The number of pyridine rings is 1. The van der Waals surface area contributed by atoms with Gasteiger partial charge in [-0.05, 0) is 31.4 Å². The van der Waals surface area contributed by atoms with E-state index >= 15 is 0 Å². The zero-order valence-electron chi connectivity index (χ0n) is 10.7. The van der Waals surface area contributed by atoms with Gasteiger partial charge in [0.2, 0.25) is 5.91 Å². The molecule has 0 spiro atoms. The Bertz CT molecular complexity index is 633. The fourth-order valence-corrected chi connectivity index (χ4v) is 2.28. The van der Waals surface area contributed by atoms with E-state index in [-0.39, 0.29) is 18.3 Å². The van der Waals surface area contributed by atoms with Crippen LogP contribution in [0.15, 0.2) is 12.3 Å². The molecule has 6 heteroatoms. The Balaban J connectivity index is 1.93. The maximum atomic E-state index is 11.9. The molecule has 1 N–H and O–H groups in total. The number of imidazole rings is 1. The monoisotopic (exact) mass is 278 g/mol. The first-order valence-corrected chi connectivity index (χ1v) is 6.88. The number of rotatable bonds is 4. The Hall–Kier alpha value is -1.62. The lowest BCUT2D eigenvalue weighted by Gasteiger charge is -2.07. The van der Waals surface area contributed by atoms with Crippen molar-refractivity contribution in [1.29, 1.82) is 0 Å². The summed E-state index contributed by atoms with van der Waals surface area (Å²) in [6.07, 6.45) is 3.93. The summed E-state index contributed by atoms with van der Waals surface area (Å²) in [6, 6.07) is 2.31. The number of nitrogens with zero attached hydrogens (tertiary/aromatic N) is 3. The number of halogens is 1. The molecular formula is C13H15ClN4O. The van der Waals surface area contributed by atoms with E-state index in [1.54, 1.807) is 10.8 Å². The van der Waals surface area contributed by atoms with Crippen molar-refractivity contribution >= 4 is 28.7 Å². The van der Waals surface area contributed by atoms with Crippen LogP contribution in [0.5, 0.6) is 0 Å². The molecule has 1 saturated carbocycles. The molecule has 0 bridgehead atoms. The van der Waals surface area contributed by atoms with Gasteiger partial charge in [-0.2, -0.15) is 0 Å². The van der Waals surface area contributed by atoms with Crippen molar-refractivity contribution in [2.45, 2.75) is 38.2 Å². The van der Waals surface area contributed by atoms with E-state index in [1.165, 1.54) is 0 Å². The lowest BCUT2D eigenvalue weighted by atomic mass is 10.3. The van der Waals surface area contributed by atoms with Crippen molar-refractivity contribution in [1.82, 2.24) is 19.9 Å². The van der Waals surface area contributed by atoms with Gasteiger partial charge in [-0.1, -0.05) is 0 Å². The van der Waals surface area contributed by atoms with Gasteiger partial charge in [0.05, 0.1) is 5.88 Å². The molecule has 0 radical (unpaired) electrons. The van der Waals surface area contributed by atoms with Gasteiger partial charge in [-0.3, -0.25) is 4.79 Å². The van der Waals surface area contributed by atoms with E-state index in [9.17, 15) is 4.79 Å². The van der Waals surface area contributed by atoms with Crippen LogP contribution in [0.25, 0.3) is 11.2 Å². The van der Waals surface area contributed by atoms with Crippen LogP contribution in [0, 0.1) is 6.92 Å². The van der Waals surface area contributed by atoms with Gasteiger partial charge in [-0.25, -0.2) is 9.97 Å². The highest BCUT2D eigenvalue weighted by molar-refractivity contribution is 6.16. The number of amides is 1. The predicted molar refractivity (Wildman–Crippen MR) is 73.0 cm³/mol. The molecule has 5 nitrogen and oxygen atoms in total. The van der Waals surface area contributed by atoms with Crippen LogP contribution in [-0.2, 0) is 17.2 Å². The second-order valence-corrected chi connectivity index (χ2v) is 5.21. The minimum absolute atomic E-state index is 0.00413. The molecule has 2 aromatic heterocycles. The van der Waals surface area contributed by atoms with Gasteiger partial charge >= 0.3 is 0 Å². The van der Waals surface area contributed by atoms with Gasteiger partial charge in [-0.15, -0.1) is 11.6 Å². The first-order valence-electron chi connectivity index (χ1n) is 6.34. The Morgan fingerprint density at radius 2 is 2.37 bits per heavy atom. The first-order chi connectivity index (χ1) is 9.17. The highest BCUT2D eigenvalue weighted by Gasteiger charge is 2.24. The molecule has 3 rings (SSSR count). The zero-order valence-corrected chi connectivity index (χ0v) is 11.4. The molecule has 0 aromatic carbocycles. The van der Waals surface area contributed by atoms with Crippen molar-refractivity contribution in [3.63, 3.8) is 0 Å². The lowest BCUT2D eigenvalue weighted by Crippen LogP contribution is -2.29. The third-order valence-electron chi connectivity index (χ3n) is 3.16. The fourth-order valence-electron chi connectivity index (χ4n) is 2.07. The van der Waals surface area contributed by atoms with E-state index in [4.69, 9.17) is 11.6 Å². The minimum atomic E-state index is -0.00413. The molecule has 2 aromatic rings. The van der Waals surface area contributed by atoms with Crippen molar-refractivity contribution in [3.05, 3.63) is 23.7 Å². The molecule has 0 saturated heterocycles. The highest BCUT2D eigenvalue weighted by Crippen LogP contribution is 2.20. The van der Waals surface area contributed by atoms with Crippen LogP contribution in [0.1, 0.15) is 24.2 Å². The predicted octanol–water partition coefficient (Wildman–Crippen LogP) is 1.76. The Morgan fingerprint density at radius 1 is 1.58 bits per heavy atom. The normalized spacial score (nSPS) is 14.8. The number of carbonyl (C=O) groups excluding carboxylic acids is 1. The quantitative estimate of drug-likeness (QED) is 0.867. The summed E-state index contributed by atoms with van der Waals surface area (Å²) in [6.45, 7) is 2.19. The van der Waals surface area contributed by atoms with Crippen LogP contribution in [0.4, 0.5) is 0 Å². The van der Waals surface area contributed by atoms with Gasteiger partial charge in [0.15, 0.2) is 5.65 Å². The van der Waals surface area contributed by atoms with Crippen molar-refractivity contribution in [2.75, 3.05) is 0 Å². The number of aromatic nitrogens is 3. The molecule has 0 atom stereocenters. The summed E-state index contributed by atoms with van der Waals surface area (Å²) in [5.74, 6) is 0.947. The molecule has 1 amide bonds. The van der Waals surface area contributed by atoms with Crippen LogP contribution >= 0.6 is 11.6 Å². The van der Waals surface area contributed by atoms with Crippen molar-refractivity contribution in [3.8, 4) is 0 Å². The smallest absolute Gasteiger partial charge is 0.240 e. The average Bonchev–Trinajstić information content (AvgIpc) is 3.11. The summed E-state index contributed by atoms with van der Waals surface area (Å²) in [5.41, 5.74) is 2.54. The van der Waals surface area contributed by atoms with E-state index in [2.05, 4.69) is 15.3 Å². The van der Waals surface area contributed by atoms with Crippen molar-refractivity contribution in [2.24, 2.45) is 0 Å².